The number of para-hydroxylation sites is 1. The Kier molecular flexibility index (Phi) is 4.27. The lowest BCUT2D eigenvalue weighted by molar-refractivity contribution is -0.383. The number of nitrogens with one attached hydrogen (secondary N) is 1. The normalized spacial score (nSPS) is 10.6. The Hall–Kier alpha value is -3.52. The number of hydrogen-bond donors (Lipinski definition) is 3. The number of carbonyl (C=O) groups excluding carboxylic acids is 1. The van der Waals surface area contributed by atoms with Gasteiger partial charge in [0.1, 0.15) is 17.0 Å². The topological polar surface area (TPSA) is 131 Å². The number of carbonyl (C=O) groups is 1. The summed E-state index contributed by atoms with van der Waals surface area (Å²) in [5, 5.41) is 24.1. The summed E-state index contributed by atoms with van der Waals surface area (Å²) in [6.07, 6.45) is 0. The second-order valence-electron chi connectivity index (χ2n) is 5.31. The maximum absolute atomic E-state index is 12.4. The van der Waals surface area contributed by atoms with Crippen molar-refractivity contribution in [2.45, 2.75) is 6.54 Å². The summed E-state index contributed by atoms with van der Waals surface area (Å²) in [6, 6.07) is 12.3. The van der Waals surface area contributed by atoms with Crippen molar-refractivity contribution in [2.24, 2.45) is 5.73 Å². The Bertz CT molecular complexity index is 988. The third-order valence-corrected chi connectivity index (χ3v) is 3.67. The molecular formula is C17H14N4O4. The van der Waals surface area contributed by atoms with Crippen LogP contribution in [0, 0.1) is 10.1 Å². The predicted octanol–water partition coefficient (Wildman–Crippen LogP) is 2.56. The van der Waals surface area contributed by atoms with Gasteiger partial charge in [-0.3, -0.25) is 14.9 Å². The highest BCUT2D eigenvalue weighted by atomic mass is 16.6. The van der Waals surface area contributed by atoms with E-state index in [0.29, 0.717) is 5.39 Å². The molecular weight excluding hydrogens is 324 g/mol. The fourth-order valence-corrected chi connectivity index (χ4v) is 2.40. The number of nitrogens with zero attached hydrogens (tertiary/aromatic N) is 2. The zero-order valence-electron chi connectivity index (χ0n) is 13.0. The van der Waals surface area contributed by atoms with Crippen LogP contribution >= 0.6 is 0 Å². The second kappa shape index (κ2) is 6.54. The zero-order chi connectivity index (χ0) is 18.0. The molecule has 0 atom stereocenters. The number of anilines is 1. The van der Waals surface area contributed by atoms with Gasteiger partial charge in [-0.15, -0.1) is 0 Å². The molecule has 0 spiro atoms. The Morgan fingerprint density at radius 3 is 2.72 bits per heavy atom. The quantitative estimate of drug-likeness (QED) is 0.380. The van der Waals surface area contributed by atoms with E-state index in [4.69, 9.17) is 5.73 Å². The number of benzene rings is 2. The minimum absolute atomic E-state index is 0.00380. The number of nitro benzene ring substituents is 1. The number of amides is 1. The largest absolute Gasteiger partial charge is 0.506 e. The Balaban J connectivity index is 1.95. The molecule has 1 heterocycles. The van der Waals surface area contributed by atoms with E-state index < -0.39 is 10.8 Å². The van der Waals surface area contributed by atoms with E-state index in [-0.39, 0.29) is 34.9 Å². The summed E-state index contributed by atoms with van der Waals surface area (Å²) in [4.78, 5) is 27.0. The maximum atomic E-state index is 12.4. The fraction of sp³-hybridized carbons (Fsp3) is 0.0588. The average Bonchev–Trinajstić information content (AvgIpc) is 2.62. The molecule has 8 nitrogen and oxygen atoms in total. The average molecular weight is 338 g/mol. The Morgan fingerprint density at radius 2 is 2.04 bits per heavy atom. The number of aromatic hydroxyl groups is 1. The van der Waals surface area contributed by atoms with Crippen LogP contribution in [-0.2, 0) is 6.54 Å². The molecule has 0 aliphatic rings. The number of phenols is 1. The molecule has 4 N–H and O–H groups in total. The summed E-state index contributed by atoms with van der Waals surface area (Å²) in [6.45, 7) is 0.262. The number of phenolic OH excluding ortho intramolecular Hbond substituents is 1. The molecule has 1 amide bonds. The summed E-state index contributed by atoms with van der Waals surface area (Å²) in [5.41, 5.74) is 6.36. The van der Waals surface area contributed by atoms with E-state index in [1.54, 1.807) is 24.3 Å². The first-order chi connectivity index (χ1) is 12.0. The van der Waals surface area contributed by atoms with Crippen molar-refractivity contribution < 1.29 is 14.8 Å². The molecule has 0 aliphatic heterocycles. The van der Waals surface area contributed by atoms with Crippen LogP contribution in [0.1, 0.15) is 16.1 Å². The molecule has 25 heavy (non-hydrogen) atoms. The number of non-ortho nitro benzene ring substituents is 1. The van der Waals surface area contributed by atoms with Gasteiger partial charge in [-0.05, 0) is 23.8 Å². The van der Waals surface area contributed by atoms with Crippen molar-refractivity contribution in [3.05, 3.63) is 69.9 Å². The summed E-state index contributed by atoms with van der Waals surface area (Å²) < 4.78 is 0. The number of pyridine rings is 1. The molecule has 2 aromatic carbocycles. The third kappa shape index (κ3) is 3.24. The van der Waals surface area contributed by atoms with Crippen molar-refractivity contribution in [1.82, 2.24) is 4.98 Å². The van der Waals surface area contributed by atoms with Gasteiger partial charge in [0, 0.05) is 18.0 Å². The molecule has 3 rings (SSSR count). The highest BCUT2D eigenvalue weighted by Crippen LogP contribution is 2.26. The number of nitrogens with two attached hydrogens (primary N) is 1. The molecule has 3 aromatic rings. The molecule has 0 fully saturated rings. The lowest BCUT2D eigenvalue weighted by Crippen LogP contribution is -2.14. The van der Waals surface area contributed by atoms with Crippen LogP contribution < -0.4 is 11.1 Å². The van der Waals surface area contributed by atoms with Gasteiger partial charge in [-0.2, -0.15) is 0 Å². The first-order valence-electron chi connectivity index (χ1n) is 7.37. The van der Waals surface area contributed by atoms with Crippen LogP contribution in [0.2, 0.25) is 0 Å². The Morgan fingerprint density at radius 1 is 1.24 bits per heavy atom. The Labute approximate surface area is 142 Å². The lowest BCUT2D eigenvalue weighted by Gasteiger charge is -2.09. The van der Waals surface area contributed by atoms with Gasteiger partial charge in [-0.1, -0.05) is 24.3 Å². The van der Waals surface area contributed by atoms with Crippen LogP contribution in [0.4, 0.5) is 11.4 Å². The first kappa shape index (κ1) is 16.3. The molecule has 1 aromatic heterocycles. The van der Waals surface area contributed by atoms with Crippen molar-refractivity contribution in [2.75, 3.05) is 5.32 Å². The number of aromatic nitrogens is 1. The van der Waals surface area contributed by atoms with Gasteiger partial charge in [-0.25, -0.2) is 4.98 Å². The van der Waals surface area contributed by atoms with E-state index in [2.05, 4.69) is 10.3 Å². The molecule has 0 radical (unpaired) electrons. The SMILES string of the molecule is NCc1ccc(NC(=O)c2ccc3cccc([N+](=O)[O-])c3n2)c(O)c1. The summed E-state index contributed by atoms with van der Waals surface area (Å²) in [5.74, 6) is -0.709. The van der Waals surface area contributed by atoms with Crippen molar-refractivity contribution in [3.8, 4) is 5.75 Å². The van der Waals surface area contributed by atoms with E-state index in [1.807, 2.05) is 0 Å². The number of hydrogen-bond acceptors (Lipinski definition) is 6. The molecule has 0 unspecified atom stereocenters. The highest BCUT2D eigenvalue weighted by molar-refractivity contribution is 6.05. The van der Waals surface area contributed by atoms with Crippen molar-refractivity contribution in [3.63, 3.8) is 0 Å². The van der Waals surface area contributed by atoms with Gasteiger partial charge in [0.2, 0.25) is 0 Å². The molecule has 8 heteroatoms. The van der Waals surface area contributed by atoms with Crippen LogP contribution in [0.5, 0.6) is 5.75 Å². The zero-order valence-corrected chi connectivity index (χ0v) is 13.0. The minimum Gasteiger partial charge on any atom is -0.506 e. The van der Waals surface area contributed by atoms with E-state index in [0.717, 1.165) is 5.56 Å². The van der Waals surface area contributed by atoms with Gasteiger partial charge in [0.05, 0.1) is 10.6 Å². The lowest BCUT2D eigenvalue weighted by atomic mass is 10.1. The number of rotatable bonds is 4. The predicted molar refractivity (Wildman–Crippen MR) is 92.3 cm³/mol. The van der Waals surface area contributed by atoms with Crippen LogP contribution in [0.25, 0.3) is 10.9 Å². The standard InChI is InChI=1S/C17H14N4O4/c18-9-10-4-6-12(15(22)8-10)20-17(23)13-7-5-11-2-1-3-14(21(24)25)16(11)19-13/h1-8,22H,9,18H2,(H,20,23). The molecule has 0 saturated carbocycles. The van der Waals surface area contributed by atoms with E-state index in [9.17, 15) is 20.0 Å². The molecule has 0 aliphatic carbocycles. The second-order valence-corrected chi connectivity index (χ2v) is 5.31. The maximum Gasteiger partial charge on any atom is 0.295 e. The van der Waals surface area contributed by atoms with Crippen LogP contribution in [0.3, 0.4) is 0 Å². The molecule has 0 saturated heterocycles. The van der Waals surface area contributed by atoms with Crippen molar-refractivity contribution >= 4 is 28.2 Å². The highest BCUT2D eigenvalue weighted by Gasteiger charge is 2.16. The van der Waals surface area contributed by atoms with Crippen LogP contribution in [-0.4, -0.2) is 20.9 Å². The van der Waals surface area contributed by atoms with E-state index in [1.165, 1.54) is 24.3 Å². The monoisotopic (exact) mass is 338 g/mol. The third-order valence-electron chi connectivity index (χ3n) is 3.67. The van der Waals surface area contributed by atoms with Crippen LogP contribution in [0.15, 0.2) is 48.5 Å². The van der Waals surface area contributed by atoms with Gasteiger partial charge in [0.25, 0.3) is 11.6 Å². The first-order valence-corrected chi connectivity index (χ1v) is 7.37. The van der Waals surface area contributed by atoms with Gasteiger partial charge >= 0.3 is 0 Å². The molecule has 0 bridgehead atoms. The fourth-order valence-electron chi connectivity index (χ4n) is 2.40. The van der Waals surface area contributed by atoms with Gasteiger partial charge in [0.15, 0.2) is 0 Å². The minimum atomic E-state index is -0.587. The van der Waals surface area contributed by atoms with Crippen molar-refractivity contribution in [1.29, 1.82) is 0 Å². The summed E-state index contributed by atoms with van der Waals surface area (Å²) >= 11 is 0. The molecule has 126 valence electrons. The smallest absolute Gasteiger partial charge is 0.295 e. The van der Waals surface area contributed by atoms with E-state index >= 15 is 0 Å². The number of nitro groups is 1. The van der Waals surface area contributed by atoms with Gasteiger partial charge < -0.3 is 16.2 Å². The summed E-state index contributed by atoms with van der Waals surface area (Å²) in [7, 11) is 0. The number of fused-ring (bicyclic) bond motifs is 1.